The van der Waals surface area contributed by atoms with E-state index in [4.69, 9.17) is 17.3 Å². The third-order valence-corrected chi connectivity index (χ3v) is 2.76. The quantitative estimate of drug-likeness (QED) is 0.787. The topological polar surface area (TPSA) is 38.0 Å². The number of aryl methyl sites for hydroxylation is 1. The molecule has 2 aromatic carbocycles. The molecule has 0 aromatic heterocycles. The number of nitrogens with two attached hydrogens (primary N) is 1. The molecule has 2 rings (SSSR count). The van der Waals surface area contributed by atoms with Crippen LogP contribution in [-0.2, 0) is 0 Å². The van der Waals surface area contributed by atoms with Crippen LogP contribution in [0.3, 0.4) is 0 Å². The lowest BCUT2D eigenvalue weighted by Gasteiger charge is -2.09. The minimum Gasteiger partial charge on any atom is -0.399 e. The van der Waals surface area contributed by atoms with E-state index in [1.54, 1.807) is 37.3 Å². The van der Waals surface area contributed by atoms with Gasteiger partial charge in [0.1, 0.15) is 5.82 Å². The Kier molecular flexibility index (Phi) is 3.20. The SMILES string of the molecule is Cc1ccc(Nc2ccc(N)cc2Cl)cc1F. The van der Waals surface area contributed by atoms with Crippen LogP contribution >= 0.6 is 11.6 Å². The lowest BCUT2D eigenvalue weighted by Crippen LogP contribution is -1.94. The van der Waals surface area contributed by atoms with Gasteiger partial charge in [0.15, 0.2) is 0 Å². The van der Waals surface area contributed by atoms with Crippen molar-refractivity contribution in [1.82, 2.24) is 0 Å². The number of rotatable bonds is 2. The molecule has 0 saturated carbocycles. The molecule has 0 bridgehead atoms. The fraction of sp³-hybridized carbons (Fsp3) is 0.0769. The van der Waals surface area contributed by atoms with Crippen LogP contribution in [0.25, 0.3) is 0 Å². The Labute approximate surface area is 104 Å². The van der Waals surface area contributed by atoms with Crippen LogP contribution < -0.4 is 11.1 Å². The molecule has 2 nitrogen and oxygen atoms in total. The molecule has 0 saturated heterocycles. The van der Waals surface area contributed by atoms with Crippen LogP contribution in [0.1, 0.15) is 5.56 Å². The van der Waals surface area contributed by atoms with E-state index in [1.165, 1.54) is 6.07 Å². The average molecular weight is 251 g/mol. The molecule has 88 valence electrons. The van der Waals surface area contributed by atoms with Gasteiger partial charge in [-0.25, -0.2) is 4.39 Å². The summed E-state index contributed by atoms with van der Waals surface area (Å²) in [7, 11) is 0. The summed E-state index contributed by atoms with van der Waals surface area (Å²) in [5.74, 6) is -0.249. The largest absolute Gasteiger partial charge is 0.399 e. The van der Waals surface area contributed by atoms with Crippen molar-refractivity contribution in [3.8, 4) is 0 Å². The molecule has 17 heavy (non-hydrogen) atoms. The van der Waals surface area contributed by atoms with Crippen molar-refractivity contribution in [1.29, 1.82) is 0 Å². The molecular weight excluding hydrogens is 239 g/mol. The molecule has 0 fully saturated rings. The fourth-order valence-corrected chi connectivity index (χ4v) is 1.70. The summed E-state index contributed by atoms with van der Waals surface area (Å²) in [6.45, 7) is 1.72. The van der Waals surface area contributed by atoms with E-state index in [9.17, 15) is 4.39 Å². The van der Waals surface area contributed by atoms with Crippen LogP contribution in [0.5, 0.6) is 0 Å². The molecule has 0 spiro atoms. The Morgan fingerprint density at radius 1 is 1.18 bits per heavy atom. The highest BCUT2D eigenvalue weighted by molar-refractivity contribution is 6.33. The second kappa shape index (κ2) is 4.63. The maximum atomic E-state index is 13.4. The Morgan fingerprint density at radius 3 is 2.59 bits per heavy atom. The smallest absolute Gasteiger partial charge is 0.128 e. The Bertz CT molecular complexity index is 555. The Balaban J connectivity index is 2.28. The molecule has 2 aromatic rings. The van der Waals surface area contributed by atoms with Crippen molar-refractivity contribution in [3.05, 3.63) is 52.8 Å². The number of nitrogen functional groups attached to an aromatic ring is 1. The predicted molar refractivity (Wildman–Crippen MR) is 70.3 cm³/mol. The molecule has 0 atom stereocenters. The zero-order valence-electron chi connectivity index (χ0n) is 9.30. The summed E-state index contributed by atoms with van der Waals surface area (Å²) in [5, 5.41) is 3.55. The van der Waals surface area contributed by atoms with Gasteiger partial charge in [-0.2, -0.15) is 0 Å². The summed E-state index contributed by atoms with van der Waals surface area (Å²) in [6.07, 6.45) is 0. The first-order chi connectivity index (χ1) is 8.06. The van der Waals surface area contributed by atoms with Crippen molar-refractivity contribution in [2.24, 2.45) is 0 Å². The average Bonchev–Trinajstić information content (AvgIpc) is 2.27. The summed E-state index contributed by atoms with van der Waals surface area (Å²) in [6, 6.07) is 10.1. The number of hydrogen-bond acceptors (Lipinski definition) is 2. The monoisotopic (exact) mass is 250 g/mol. The lowest BCUT2D eigenvalue weighted by molar-refractivity contribution is 0.619. The van der Waals surface area contributed by atoms with Crippen LogP contribution in [0, 0.1) is 12.7 Å². The molecule has 0 radical (unpaired) electrons. The van der Waals surface area contributed by atoms with Gasteiger partial charge in [-0.1, -0.05) is 17.7 Å². The van der Waals surface area contributed by atoms with Gasteiger partial charge in [-0.05, 0) is 42.8 Å². The summed E-state index contributed by atoms with van der Waals surface area (Å²) < 4.78 is 13.4. The van der Waals surface area contributed by atoms with Crippen molar-refractivity contribution < 1.29 is 4.39 Å². The third kappa shape index (κ3) is 2.68. The molecule has 0 aliphatic carbocycles. The van der Waals surface area contributed by atoms with E-state index in [1.807, 2.05) is 0 Å². The minimum absolute atomic E-state index is 0.249. The fourth-order valence-electron chi connectivity index (χ4n) is 1.46. The summed E-state index contributed by atoms with van der Waals surface area (Å²) in [4.78, 5) is 0. The van der Waals surface area contributed by atoms with Gasteiger partial charge < -0.3 is 11.1 Å². The molecule has 3 N–H and O–H groups in total. The van der Waals surface area contributed by atoms with Crippen molar-refractivity contribution >= 4 is 28.7 Å². The first-order valence-corrected chi connectivity index (χ1v) is 5.52. The van der Waals surface area contributed by atoms with E-state index >= 15 is 0 Å². The lowest BCUT2D eigenvalue weighted by atomic mass is 10.2. The van der Waals surface area contributed by atoms with E-state index < -0.39 is 0 Å². The van der Waals surface area contributed by atoms with Crippen LogP contribution in [-0.4, -0.2) is 0 Å². The minimum atomic E-state index is -0.249. The molecule has 0 aliphatic heterocycles. The van der Waals surface area contributed by atoms with Gasteiger partial charge in [-0.15, -0.1) is 0 Å². The number of halogens is 2. The van der Waals surface area contributed by atoms with Gasteiger partial charge in [-0.3, -0.25) is 0 Å². The van der Waals surface area contributed by atoms with Gasteiger partial charge in [0.25, 0.3) is 0 Å². The molecule has 0 amide bonds. The van der Waals surface area contributed by atoms with E-state index in [0.29, 0.717) is 27.6 Å². The molecule has 0 heterocycles. The maximum Gasteiger partial charge on any atom is 0.128 e. The van der Waals surface area contributed by atoms with Gasteiger partial charge >= 0.3 is 0 Å². The number of benzene rings is 2. The molecule has 4 heteroatoms. The normalized spacial score (nSPS) is 10.3. The molecule has 0 unspecified atom stereocenters. The zero-order chi connectivity index (χ0) is 12.4. The first-order valence-electron chi connectivity index (χ1n) is 5.14. The maximum absolute atomic E-state index is 13.4. The van der Waals surface area contributed by atoms with E-state index in [2.05, 4.69) is 5.32 Å². The Morgan fingerprint density at radius 2 is 1.94 bits per heavy atom. The van der Waals surface area contributed by atoms with Crippen molar-refractivity contribution in [2.45, 2.75) is 6.92 Å². The number of nitrogens with one attached hydrogen (secondary N) is 1. The highest BCUT2D eigenvalue weighted by Crippen LogP contribution is 2.27. The van der Waals surface area contributed by atoms with E-state index in [-0.39, 0.29) is 5.82 Å². The number of anilines is 3. The van der Waals surface area contributed by atoms with Gasteiger partial charge in [0.2, 0.25) is 0 Å². The van der Waals surface area contributed by atoms with Crippen LogP contribution in [0.4, 0.5) is 21.5 Å². The second-order valence-corrected chi connectivity index (χ2v) is 4.24. The molecular formula is C13H12ClFN2. The second-order valence-electron chi connectivity index (χ2n) is 3.83. The van der Waals surface area contributed by atoms with Crippen LogP contribution in [0.2, 0.25) is 5.02 Å². The first kappa shape index (κ1) is 11.7. The van der Waals surface area contributed by atoms with Crippen molar-refractivity contribution in [2.75, 3.05) is 11.1 Å². The van der Waals surface area contributed by atoms with E-state index in [0.717, 1.165) is 0 Å². The molecule has 0 aliphatic rings. The zero-order valence-corrected chi connectivity index (χ0v) is 10.1. The summed E-state index contributed by atoms with van der Waals surface area (Å²) in [5.41, 5.74) is 8.15. The number of hydrogen-bond donors (Lipinski definition) is 2. The standard InChI is InChI=1S/C13H12ClFN2/c1-8-2-4-10(7-12(8)15)17-13-5-3-9(16)6-11(13)14/h2-7,17H,16H2,1H3. The van der Waals surface area contributed by atoms with Gasteiger partial charge in [0, 0.05) is 11.4 Å². The Hall–Kier alpha value is -1.74. The highest BCUT2D eigenvalue weighted by atomic mass is 35.5. The summed E-state index contributed by atoms with van der Waals surface area (Å²) >= 11 is 6.01. The highest BCUT2D eigenvalue weighted by Gasteiger charge is 2.03. The van der Waals surface area contributed by atoms with Crippen LogP contribution in [0.15, 0.2) is 36.4 Å². The van der Waals surface area contributed by atoms with Gasteiger partial charge in [0.05, 0.1) is 10.7 Å². The van der Waals surface area contributed by atoms with Crippen molar-refractivity contribution in [3.63, 3.8) is 0 Å². The predicted octanol–water partition coefficient (Wildman–Crippen LogP) is 4.11. The third-order valence-electron chi connectivity index (χ3n) is 2.44.